The van der Waals surface area contributed by atoms with Crippen molar-refractivity contribution >= 4 is 5.96 Å². The minimum Gasteiger partial charge on any atom is -0.370 e. The molecule has 0 spiro atoms. The zero-order chi connectivity index (χ0) is 10.7. The summed E-state index contributed by atoms with van der Waals surface area (Å²) >= 11 is 0. The molecule has 86 valence electrons. The van der Waals surface area contributed by atoms with Gasteiger partial charge in [0.25, 0.3) is 0 Å². The van der Waals surface area contributed by atoms with E-state index in [2.05, 4.69) is 17.2 Å². The molecule has 3 heteroatoms. The lowest BCUT2D eigenvalue weighted by molar-refractivity contribution is 0.113. The molecule has 3 N–H and O–H groups in total. The van der Waals surface area contributed by atoms with Crippen molar-refractivity contribution in [1.82, 2.24) is 5.32 Å². The second-order valence-electron chi connectivity index (χ2n) is 5.12. The fraction of sp³-hybridized carbons (Fsp3) is 0.917. The van der Waals surface area contributed by atoms with Crippen molar-refractivity contribution in [2.45, 2.75) is 45.4 Å². The number of hydrogen-bond donors (Lipinski definition) is 2. The van der Waals surface area contributed by atoms with Gasteiger partial charge in [0.1, 0.15) is 0 Å². The van der Waals surface area contributed by atoms with Gasteiger partial charge in [0, 0.05) is 13.1 Å². The summed E-state index contributed by atoms with van der Waals surface area (Å²) < 4.78 is 0. The maximum atomic E-state index is 5.81. The van der Waals surface area contributed by atoms with Gasteiger partial charge >= 0.3 is 0 Å². The van der Waals surface area contributed by atoms with Crippen LogP contribution < -0.4 is 11.1 Å². The smallest absolute Gasteiger partial charge is 0.188 e. The Morgan fingerprint density at radius 3 is 2.67 bits per heavy atom. The maximum Gasteiger partial charge on any atom is 0.188 e. The quantitative estimate of drug-likeness (QED) is 0.536. The molecule has 2 aliphatic carbocycles. The summed E-state index contributed by atoms with van der Waals surface area (Å²) in [6.07, 6.45) is 8.11. The zero-order valence-electron chi connectivity index (χ0n) is 9.76. The number of rotatable bonds is 5. The van der Waals surface area contributed by atoms with Gasteiger partial charge in [-0.15, -0.1) is 0 Å². The predicted octanol–water partition coefficient (Wildman–Crippen LogP) is 1.88. The molecule has 0 unspecified atom stereocenters. The first-order valence-electron chi connectivity index (χ1n) is 6.31. The van der Waals surface area contributed by atoms with Crippen molar-refractivity contribution in [1.29, 1.82) is 0 Å². The summed E-state index contributed by atoms with van der Waals surface area (Å²) in [5.41, 5.74) is 6.36. The average molecular weight is 209 g/mol. The number of aliphatic imine (C=N–C) groups is 1. The van der Waals surface area contributed by atoms with E-state index in [0.29, 0.717) is 11.4 Å². The van der Waals surface area contributed by atoms with Crippen LogP contribution in [0.3, 0.4) is 0 Å². The Morgan fingerprint density at radius 2 is 2.20 bits per heavy atom. The molecule has 0 aliphatic heterocycles. The fourth-order valence-corrected chi connectivity index (χ4v) is 2.57. The highest BCUT2D eigenvalue weighted by atomic mass is 15.1. The van der Waals surface area contributed by atoms with Gasteiger partial charge in [0.05, 0.1) is 0 Å². The van der Waals surface area contributed by atoms with E-state index in [-0.39, 0.29) is 0 Å². The average Bonchev–Trinajstić information content (AvgIpc) is 2.97. The van der Waals surface area contributed by atoms with Gasteiger partial charge in [-0.3, -0.25) is 4.99 Å². The van der Waals surface area contributed by atoms with Crippen LogP contribution in [0.4, 0.5) is 0 Å². The molecule has 2 rings (SSSR count). The zero-order valence-corrected chi connectivity index (χ0v) is 9.76. The Balaban J connectivity index is 1.79. The van der Waals surface area contributed by atoms with Gasteiger partial charge in [-0.2, -0.15) is 0 Å². The third-order valence-electron chi connectivity index (χ3n) is 3.91. The van der Waals surface area contributed by atoms with E-state index in [0.717, 1.165) is 25.4 Å². The van der Waals surface area contributed by atoms with Crippen LogP contribution in [0.5, 0.6) is 0 Å². The Labute approximate surface area is 92.5 Å². The molecule has 0 amide bonds. The van der Waals surface area contributed by atoms with E-state index in [1.807, 2.05) is 0 Å². The van der Waals surface area contributed by atoms with Gasteiger partial charge in [0.2, 0.25) is 0 Å². The first-order valence-corrected chi connectivity index (χ1v) is 6.31. The second-order valence-corrected chi connectivity index (χ2v) is 5.12. The highest BCUT2D eigenvalue weighted by Gasteiger charge is 2.48. The maximum absolute atomic E-state index is 5.81. The van der Waals surface area contributed by atoms with E-state index in [1.165, 1.54) is 32.1 Å². The molecular weight excluding hydrogens is 186 g/mol. The molecule has 0 heterocycles. The van der Waals surface area contributed by atoms with Gasteiger partial charge in [-0.25, -0.2) is 0 Å². The van der Waals surface area contributed by atoms with Gasteiger partial charge in [0.15, 0.2) is 5.96 Å². The summed E-state index contributed by atoms with van der Waals surface area (Å²) in [6.45, 7) is 4.03. The molecule has 2 fully saturated rings. The SMILES string of the molecule is CCCNC(N)=NCC1(C2CC2)CCC1. The molecule has 0 atom stereocenters. The van der Waals surface area contributed by atoms with Crippen LogP contribution in [0.25, 0.3) is 0 Å². The van der Waals surface area contributed by atoms with Crippen molar-refractivity contribution in [2.24, 2.45) is 22.1 Å². The van der Waals surface area contributed by atoms with Crippen LogP contribution in [0.1, 0.15) is 45.4 Å². The number of guanidine groups is 1. The fourth-order valence-electron chi connectivity index (χ4n) is 2.57. The lowest BCUT2D eigenvalue weighted by Crippen LogP contribution is -2.38. The van der Waals surface area contributed by atoms with Gasteiger partial charge in [-0.05, 0) is 43.4 Å². The van der Waals surface area contributed by atoms with Crippen LogP contribution >= 0.6 is 0 Å². The topological polar surface area (TPSA) is 50.4 Å². The molecular formula is C12H23N3. The Hall–Kier alpha value is -0.730. The van der Waals surface area contributed by atoms with Crippen molar-refractivity contribution in [2.75, 3.05) is 13.1 Å². The largest absolute Gasteiger partial charge is 0.370 e. The van der Waals surface area contributed by atoms with Crippen molar-refractivity contribution in [3.05, 3.63) is 0 Å². The standard InChI is InChI=1S/C12H23N3/c1-2-8-14-11(13)15-9-12(6-3-7-12)10-4-5-10/h10H,2-9H2,1H3,(H3,13,14,15). The van der Waals surface area contributed by atoms with E-state index in [1.54, 1.807) is 0 Å². The van der Waals surface area contributed by atoms with E-state index < -0.39 is 0 Å². The number of hydrogen-bond acceptors (Lipinski definition) is 1. The number of nitrogens with zero attached hydrogens (tertiary/aromatic N) is 1. The molecule has 3 nitrogen and oxygen atoms in total. The molecule has 15 heavy (non-hydrogen) atoms. The van der Waals surface area contributed by atoms with Crippen LogP contribution in [0.15, 0.2) is 4.99 Å². The Bertz CT molecular complexity index is 239. The highest BCUT2D eigenvalue weighted by Crippen LogP contribution is 2.57. The summed E-state index contributed by atoms with van der Waals surface area (Å²) in [7, 11) is 0. The first-order chi connectivity index (χ1) is 7.27. The number of nitrogens with two attached hydrogens (primary N) is 1. The van der Waals surface area contributed by atoms with Crippen molar-refractivity contribution in [3.63, 3.8) is 0 Å². The summed E-state index contributed by atoms with van der Waals surface area (Å²) in [5.74, 6) is 1.61. The Morgan fingerprint density at radius 1 is 1.47 bits per heavy atom. The third-order valence-corrected chi connectivity index (χ3v) is 3.91. The van der Waals surface area contributed by atoms with Crippen LogP contribution in [0.2, 0.25) is 0 Å². The lowest BCUT2D eigenvalue weighted by Gasteiger charge is -2.41. The minimum absolute atomic E-state index is 0.554. The molecule has 0 radical (unpaired) electrons. The van der Waals surface area contributed by atoms with Gasteiger partial charge < -0.3 is 11.1 Å². The summed E-state index contributed by atoms with van der Waals surface area (Å²) in [6, 6.07) is 0. The first kappa shape index (κ1) is 10.8. The number of nitrogens with one attached hydrogen (secondary N) is 1. The Kier molecular flexibility index (Phi) is 3.17. The predicted molar refractivity (Wildman–Crippen MR) is 63.8 cm³/mol. The van der Waals surface area contributed by atoms with E-state index >= 15 is 0 Å². The second kappa shape index (κ2) is 4.42. The van der Waals surface area contributed by atoms with Crippen LogP contribution in [-0.4, -0.2) is 19.0 Å². The normalized spacial score (nSPS) is 24.7. The van der Waals surface area contributed by atoms with Crippen molar-refractivity contribution < 1.29 is 0 Å². The summed E-state index contributed by atoms with van der Waals surface area (Å²) in [4.78, 5) is 4.50. The van der Waals surface area contributed by atoms with Crippen LogP contribution in [0, 0.1) is 11.3 Å². The molecule has 2 aliphatic rings. The molecule has 0 saturated heterocycles. The molecule has 0 aromatic carbocycles. The monoisotopic (exact) mass is 209 g/mol. The summed E-state index contributed by atoms with van der Waals surface area (Å²) in [5, 5.41) is 3.14. The minimum atomic E-state index is 0.554. The van der Waals surface area contributed by atoms with E-state index in [4.69, 9.17) is 5.73 Å². The molecule has 0 bridgehead atoms. The van der Waals surface area contributed by atoms with Crippen LogP contribution in [-0.2, 0) is 0 Å². The molecule has 0 aromatic heterocycles. The molecule has 0 aromatic rings. The highest BCUT2D eigenvalue weighted by molar-refractivity contribution is 5.77. The van der Waals surface area contributed by atoms with Gasteiger partial charge in [-0.1, -0.05) is 13.3 Å². The lowest BCUT2D eigenvalue weighted by atomic mass is 9.65. The molecule has 2 saturated carbocycles. The van der Waals surface area contributed by atoms with E-state index in [9.17, 15) is 0 Å². The third kappa shape index (κ3) is 2.44. The van der Waals surface area contributed by atoms with Crippen molar-refractivity contribution in [3.8, 4) is 0 Å².